The number of nitrogens with zero attached hydrogens (tertiary/aromatic N) is 2. The number of hydrogen-bond donors (Lipinski definition) is 1. The molecule has 0 saturated heterocycles. The number of thiophene rings is 1. The fraction of sp³-hybridized carbons (Fsp3) is 0.300. The first kappa shape index (κ1) is 11.2. The smallest absolute Gasteiger partial charge is 0.265 e. The molecule has 6 heteroatoms. The van der Waals surface area contributed by atoms with Gasteiger partial charge < -0.3 is 5.32 Å². The van der Waals surface area contributed by atoms with Crippen molar-refractivity contribution in [1.29, 1.82) is 0 Å². The van der Waals surface area contributed by atoms with Crippen LogP contribution >= 0.6 is 22.9 Å². The minimum Gasteiger partial charge on any atom is -0.347 e. The van der Waals surface area contributed by atoms with Gasteiger partial charge in [0.1, 0.15) is 4.88 Å². The number of carbonyl (C=O) groups is 1. The van der Waals surface area contributed by atoms with Crippen LogP contribution in [0.4, 0.5) is 0 Å². The zero-order valence-corrected chi connectivity index (χ0v) is 10.4. The molecule has 1 N–H and O–H groups in total. The first-order chi connectivity index (χ1) is 7.81. The maximum atomic E-state index is 11.8. The van der Waals surface area contributed by atoms with Crippen LogP contribution in [0.2, 0.25) is 0 Å². The van der Waals surface area contributed by atoms with Crippen LogP contribution in [0.3, 0.4) is 0 Å². The number of aromatic nitrogens is 2. The van der Waals surface area contributed by atoms with E-state index in [-0.39, 0.29) is 5.91 Å². The Bertz CT molecular complexity index is 464. The largest absolute Gasteiger partial charge is 0.347 e. The lowest BCUT2D eigenvalue weighted by atomic mass is 10.3. The molecule has 0 aliphatic rings. The van der Waals surface area contributed by atoms with Crippen molar-refractivity contribution in [2.75, 3.05) is 0 Å². The van der Waals surface area contributed by atoms with Crippen LogP contribution < -0.4 is 5.32 Å². The van der Waals surface area contributed by atoms with Crippen molar-refractivity contribution < 1.29 is 4.79 Å². The summed E-state index contributed by atoms with van der Waals surface area (Å²) in [5.74, 6) is -0.0851. The molecule has 0 fully saturated rings. The third kappa shape index (κ3) is 2.45. The fourth-order valence-electron chi connectivity index (χ4n) is 1.27. The quantitative estimate of drug-likeness (QED) is 0.907. The molecule has 16 heavy (non-hydrogen) atoms. The Morgan fingerprint density at radius 1 is 1.56 bits per heavy atom. The Morgan fingerprint density at radius 3 is 3.12 bits per heavy atom. The lowest BCUT2D eigenvalue weighted by Crippen LogP contribution is -2.22. The van der Waals surface area contributed by atoms with Gasteiger partial charge in [0.2, 0.25) is 0 Å². The van der Waals surface area contributed by atoms with Crippen molar-refractivity contribution in [2.45, 2.75) is 19.9 Å². The molecule has 0 aliphatic heterocycles. The van der Waals surface area contributed by atoms with Gasteiger partial charge in [0, 0.05) is 6.54 Å². The lowest BCUT2D eigenvalue weighted by molar-refractivity contribution is 0.0954. The van der Waals surface area contributed by atoms with Gasteiger partial charge in [-0.3, -0.25) is 4.79 Å². The molecule has 4 nitrogen and oxygen atoms in total. The van der Waals surface area contributed by atoms with Crippen molar-refractivity contribution in [3.05, 3.63) is 33.0 Å². The van der Waals surface area contributed by atoms with Gasteiger partial charge in [-0.25, -0.2) is 0 Å². The Kier molecular flexibility index (Phi) is 3.63. The summed E-state index contributed by atoms with van der Waals surface area (Å²) < 4.78 is 3.79. The molecule has 0 saturated carbocycles. The van der Waals surface area contributed by atoms with Crippen LogP contribution in [0.1, 0.15) is 27.9 Å². The van der Waals surface area contributed by atoms with Gasteiger partial charge in [-0.05, 0) is 40.3 Å². The molecule has 0 aromatic carbocycles. The van der Waals surface area contributed by atoms with Crippen LogP contribution in [-0.4, -0.2) is 15.5 Å². The van der Waals surface area contributed by atoms with Crippen molar-refractivity contribution in [3.8, 4) is 0 Å². The maximum absolute atomic E-state index is 11.8. The number of aryl methyl sites for hydroxylation is 1. The van der Waals surface area contributed by atoms with E-state index in [4.69, 9.17) is 0 Å². The average molecular weight is 253 g/mol. The van der Waals surface area contributed by atoms with Crippen molar-refractivity contribution in [3.63, 3.8) is 0 Å². The predicted octanol–water partition coefficient (Wildman–Crippen LogP) is 2.09. The summed E-state index contributed by atoms with van der Waals surface area (Å²) in [7, 11) is 0. The summed E-state index contributed by atoms with van der Waals surface area (Å²) in [5, 5.41) is 10.8. The molecule has 2 aromatic rings. The average Bonchev–Trinajstić information content (AvgIpc) is 2.96. The van der Waals surface area contributed by atoms with Crippen LogP contribution in [0.15, 0.2) is 16.8 Å². The van der Waals surface area contributed by atoms with E-state index in [9.17, 15) is 4.79 Å². The highest BCUT2D eigenvalue weighted by atomic mass is 32.1. The first-order valence-corrected chi connectivity index (χ1v) is 6.63. The molecular formula is C10H11N3OS2. The Hall–Kier alpha value is -1.27. The molecule has 84 valence electrons. The molecule has 0 bridgehead atoms. The van der Waals surface area contributed by atoms with Gasteiger partial charge in [-0.15, -0.1) is 5.10 Å². The van der Waals surface area contributed by atoms with Crippen molar-refractivity contribution in [2.24, 2.45) is 0 Å². The van der Waals surface area contributed by atoms with E-state index in [0.717, 1.165) is 29.2 Å². The molecule has 0 unspecified atom stereocenters. The Labute approximate surface area is 101 Å². The van der Waals surface area contributed by atoms with E-state index >= 15 is 0 Å². The van der Waals surface area contributed by atoms with E-state index in [1.165, 1.54) is 0 Å². The predicted molar refractivity (Wildman–Crippen MR) is 64.8 cm³/mol. The normalized spacial score (nSPS) is 10.3. The maximum Gasteiger partial charge on any atom is 0.265 e. The molecule has 0 atom stereocenters. The van der Waals surface area contributed by atoms with Gasteiger partial charge >= 0.3 is 0 Å². The van der Waals surface area contributed by atoms with Crippen LogP contribution in [0.25, 0.3) is 0 Å². The van der Waals surface area contributed by atoms with Gasteiger partial charge in [0.25, 0.3) is 5.91 Å². The highest BCUT2D eigenvalue weighted by Crippen LogP contribution is 2.11. The summed E-state index contributed by atoms with van der Waals surface area (Å²) in [6.45, 7) is 2.52. The molecule has 0 aliphatic carbocycles. The van der Waals surface area contributed by atoms with Gasteiger partial charge in [0.15, 0.2) is 0 Å². The SMILES string of the molecule is CCc1nnsc1C(=O)NCc1ccsc1. The van der Waals surface area contributed by atoms with Gasteiger partial charge in [-0.2, -0.15) is 11.3 Å². The third-order valence-corrected chi connectivity index (χ3v) is 3.63. The number of hydrogen-bond acceptors (Lipinski definition) is 5. The number of nitrogens with one attached hydrogen (secondary N) is 1. The van der Waals surface area contributed by atoms with E-state index in [1.54, 1.807) is 11.3 Å². The highest BCUT2D eigenvalue weighted by Gasteiger charge is 2.14. The van der Waals surface area contributed by atoms with Gasteiger partial charge in [-0.1, -0.05) is 11.4 Å². The molecular weight excluding hydrogens is 242 g/mol. The van der Waals surface area contributed by atoms with Crippen LogP contribution in [0, 0.1) is 0 Å². The van der Waals surface area contributed by atoms with E-state index in [1.807, 2.05) is 23.8 Å². The number of amides is 1. The fourth-order valence-corrected chi connectivity index (χ4v) is 2.60. The van der Waals surface area contributed by atoms with Gasteiger partial charge in [0.05, 0.1) is 5.69 Å². The minimum absolute atomic E-state index is 0.0851. The molecule has 2 aromatic heterocycles. The summed E-state index contributed by atoms with van der Waals surface area (Å²) in [5.41, 5.74) is 1.89. The Morgan fingerprint density at radius 2 is 2.44 bits per heavy atom. The summed E-state index contributed by atoms with van der Waals surface area (Å²) in [6, 6.07) is 2.00. The van der Waals surface area contributed by atoms with E-state index < -0.39 is 0 Å². The third-order valence-electron chi connectivity index (χ3n) is 2.13. The first-order valence-electron chi connectivity index (χ1n) is 4.91. The summed E-state index contributed by atoms with van der Waals surface area (Å²) in [6.07, 6.45) is 0.734. The molecule has 1 amide bonds. The molecule has 0 spiro atoms. The second-order valence-corrected chi connectivity index (χ2v) is 4.75. The minimum atomic E-state index is -0.0851. The summed E-state index contributed by atoms with van der Waals surface area (Å²) >= 11 is 2.77. The highest BCUT2D eigenvalue weighted by molar-refractivity contribution is 7.08. The molecule has 2 heterocycles. The number of carbonyl (C=O) groups excluding carboxylic acids is 1. The summed E-state index contributed by atoms with van der Waals surface area (Å²) in [4.78, 5) is 12.4. The zero-order chi connectivity index (χ0) is 11.4. The second-order valence-electron chi connectivity index (χ2n) is 3.22. The van der Waals surface area contributed by atoms with E-state index in [0.29, 0.717) is 11.4 Å². The Balaban J connectivity index is 1.98. The van der Waals surface area contributed by atoms with Crippen molar-refractivity contribution in [1.82, 2.24) is 14.9 Å². The van der Waals surface area contributed by atoms with Crippen LogP contribution in [-0.2, 0) is 13.0 Å². The molecule has 2 rings (SSSR count). The standard InChI is InChI=1S/C10H11N3OS2/c1-2-8-9(16-13-12-8)10(14)11-5-7-3-4-15-6-7/h3-4,6H,2,5H2,1H3,(H,11,14). The van der Waals surface area contributed by atoms with Crippen LogP contribution in [0.5, 0.6) is 0 Å². The number of rotatable bonds is 4. The lowest BCUT2D eigenvalue weighted by Gasteiger charge is -2.01. The monoisotopic (exact) mass is 253 g/mol. The topological polar surface area (TPSA) is 54.9 Å². The zero-order valence-electron chi connectivity index (χ0n) is 8.77. The van der Waals surface area contributed by atoms with E-state index in [2.05, 4.69) is 14.9 Å². The molecule has 0 radical (unpaired) electrons. The van der Waals surface area contributed by atoms with Crippen molar-refractivity contribution >= 4 is 28.8 Å². The second kappa shape index (κ2) is 5.18.